The molecule has 0 bridgehead atoms. The summed E-state index contributed by atoms with van der Waals surface area (Å²) in [4.78, 5) is 0. The Hall–Kier alpha value is -1.14. The molecule has 2 aromatic heterocycles. The molecule has 0 unspecified atom stereocenters. The second-order valence-electron chi connectivity index (χ2n) is 2.73. The van der Waals surface area contributed by atoms with E-state index in [0.29, 0.717) is 18.7 Å². The van der Waals surface area contributed by atoms with E-state index in [9.17, 15) is 10.4 Å². The van der Waals surface area contributed by atoms with Gasteiger partial charge in [-0.05, 0) is 36.7 Å². The van der Waals surface area contributed by atoms with Crippen molar-refractivity contribution < 1.29 is 17.1 Å². The Morgan fingerprint density at radius 2 is 1.12 bits per heavy atom. The van der Waals surface area contributed by atoms with Gasteiger partial charge in [-0.2, -0.15) is 0 Å². The molecule has 0 saturated heterocycles. The van der Waals surface area contributed by atoms with E-state index in [4.69, 9.17) is 0 Å². The molecular weight excluding hydrogens is 308 g/mol. The zero-order valence-electron chi connectivity index (χ0n) is 8.45. The number of hydrogen-bond donors (Lipinski definition) is 0. The summed E-state index contributed by atoms with van der Waals surface area (Å²) in [6.45, 7) is 0. The minimum Gasteiger partial charge on any atom is -0.805 e. The third-order valence-corrected chi connectivity index (χ3v) is 2.21. The van der Waals surface area contributed by atoms with E-state index in [1.807, 2.05) is 0 Å². The number of pyridine rings is 2. The van der Waals surface area contributed by atoms with Crippen molar-refractivity contribution >= 4 is 24.4 Å². The van der Waals surface area contributed by atoms with Gasteiger partial charge in [0.05, 0.1) is 0 Å². The maximum absolute atomic E-state index is 10.4. The normalized spacial score (nSPS) is 8.47. The second kappa shape index (κ2) is 8.02. The molecule has 1 radical (unpaired) electrons. The van der Waals surface area contributed by atoms with E-state index in [2.05, 4.69) is 24.4 Å². The van der Waals surface area contributed by atoms with E-state index < -0.39 is 0 Å². The first-order valence-corrected chi connectivity index (χ1v) is 5.13. The zero-order chi connectivity index (χ0) is 12.0. The first kappa shape index (κ1) is 15.9. The average molecular weight is 316 g/mol. The summed E-state index contributed by atoms with van der Waals surface area (Å²) in [5.41, 5.74) is 0. The molecular formula is C10H8CuN2O2S2. The maximum Gasteiger partial charge on any atom is 2.00 e. The van der Waals surface area contributed by atoms with Crippen molar-refractivity contribution in [2.75, 3.05) is 0 Å². The van der Waals surface area contributed by atoms with Crippen LogP contribution in [0, 0.1) is 19.7 Å². The molecule has 2 heterocycles. The van der Waals surface area contributed by atoms with Crippen LogP contribution in [-0.2, 0) is 17.1 Å². The molecule has 0 N–H and O–H groups in total. The van der Waals surface area contributed by atoms with Crippen molar-refractivity contribution in [2.45, 2.75) is 0 Å². The van der Waals surface area contributed by atoms with Crippen molar-refractivity contribution in [3.05, 3.63) is 68.5 Å². The van der Waals surface area contributed by atoms with Gasteiger partial charge in [0.25, 0.3) is 0 Å². The van der Waals surface area contributed by atoms with Crippen molar-refractivity contribution in [3.63, 3.8) is 0 Å². The van der Waals surface area contributed by atoms with Crippen LogP contribution in [0.25, 0.3) is 0 Å². The van der Waals surface area contributed by atoms with Gasteiger partial charge in [-0.3, -0.25) is 0 Å². The average Bonchev–Trinajstić information content (AvgIpc) is 2.28. The van der Waals surface area contributed by atoms with Crippen molar-refractivity contribution in [1.82, 2.24) is 9.46 Å². The number of rotatable bonds is 0. The Morgan fingerprint density at radius 1 is 0.765 bits per heavy atom. The molecule has 4 nitrogen and oxygen atoms in total. The van der Waals surface area contributed by atoms with Gasteiger partial charge >= 0.3 is 17.1 Å². The number of aromatic nitrogens is 2. The Kier molecular flexibility index (Phi) is 7.49. The van der Waals surface area contributed by atoms with Crippen LogP contribution in [0.2, 0.25) is 0 Å². The Morgan fingerprint density at radius 3 is 1.29 bits per heavy atom. The van der Waals surface area contributed by atoms with Gasteiger partial charge in [-0.1, -0.05) is 36.6 Å². The standard InChI is InChI=1S/2C5H4NOS.Cu/c2*7-6-4-2-1-3-5(6)8;/h2*1-4H;/q2*-1;+2. The summed E-state index contributed by atoms with van der Waals surface area (Å²) < 4.78 is 1.92. The summed E-state index contributed by atoms with van der Waals surface area (Å²) >= 11 is 9.21. The zero-order valence-corrected chi connectivity index (χ0v) is 11.0. The summed E-state index contributed by atoms with van der Waals surface area (Å²) in [6.07, 6.45) is 2.75. The topological polar surface area (TPSA) is 56.0 Å². The van der Waals surface area contributed by atoms with Gasteiger partial charge in [0.1, 0.15) is 9.28 Å². The first-order chi connectivity index (χ1) is 7.61. The van der Waals surface area contributed by atoms with Gasteiger partial charge in [-0.15, -0.1) is 0 Å². The predicted molar refractivity (Wildman–Crippen MR) is 68.1 cm³/mol. The quantitative estimate of drug-likeness (QED) is 0.553. The Labute approximate surface area is 119 Å². The van der Waals surface area contributed by atoms with Crippen LogP contribution in [0.1, 0.15) is 0 Å². The molecule has 0 amide bonds. The van der Waals surface area contributed by atoms with Crippen LogP contribution in [0.4, 0.5) is 0 Å². The third-order valence-electron chi connectivity index (χ3n) is 1.58. The number of nitrogens with zero attached hydrogens (tertiary/aromatic N) is 2. The molecule has 7 heteroatoms. The second-order valence-corrected chi connectivity index (χ2v) is 3.57. The smallest absolute Gasteiger partial charge is 0.805 e. The molecule has 0 fully saturated rings. The molecule has 0 saturated carbocycles. The molecule has 17 heavy (non-hydrogen) atoms. The summed E-state index contributed by atoms with van der Waals surface area (Å²) in [7, 11) is 0. The van der Waals surface area contributed by atoms with E-state index in [-0.39, 0.29) is 17.1 Å². The van der Waals surface area contributed by atoms with Crippen LogP contribution in [0.3, 0.4) is 0 Å². The van der Waals surface area contributed by atoms with E-state index in [0.717, 1.165) is 0 Å². The maximum atomic E-state index is 10.4. The van der Waals surface area contributed by atoms with Crippen molar-refractivity contribution in [2.24, 2.45) is 0 Å². The minimum absolute atomic E-state index is 0. The van der Waals surface area contributed by atoms with Gasteiger partial charge in [-0.25, -0.2) is 0 Å². The molecule has 0 atom stereocenters. The van der Waals surface area contributed by atoms with Crippen LogP contribution in [0.5, 0.6) is 0 Å². The molecule has 2 aromatic rings. The SMILES string of the molecule is [Cu+2].[O-]n1ccccc1=S.[O-]n1ccccc1=S. The molecule has 0 spiro atoms. The number of hydrogen-bond acceptors (Lipinski definition) is 4. The molecule has 2 rings (SSSR count). The van der Waals surface area contributed by atoms with Crippen molar-refractivity contribution in [3.8, 4) is 0 Å². The fourth-order valence-corrected chi connectivity index (χ4v) is 1.10. The summed E-state index contributed by atoms with van der Waals surface area (Å²) in [6, 6.07) is 9.92. The fraction of sp³-hybridized carbons (Fsp3) is 0. The van der Waals surface area contributed by atoms with E-state index >= 15 is 0 Å². The van der Waals surface area contributed by atoms with Gasteiger partial charge in [0, 0.05) is 0 Å². The van der Waals surface area contributed by atoms with Crippen LogP contribution < -0.4 is 0 Å². The van der Waals surface area contributed by atoms with Crippen LogP contribution >= 0.6 is 24.4 Å². The largest absolute Gasteiger partial charge is 2.00 e. The van der Waals surface area contributed by atoms with Gasteiger partial charge in [0.2, 0.25) is 0 Å². The first-order valence-electron chi connectivity index (χ1n) is 4.31. The van der Waals surface area contributed by atoms with Gasteiger partial charge < -0.3 is 19.9 Å². The molecule has 0 aliphatic rings. The van der Waals surface area contributed by atoms with Crippen molar-refractivity contribution in [1.29, 1.82) is 0 Å². The predicted octanol–water partition coefficient (Wildman–Crippen LogP) is 3.12. The Balaban J connectivity index is 0.000000284. The molecule has 0 aromatic carbocycles. The fourth-order valence-electron chi connectivity index (χ4n) is 0.825. The van der Waals surface area contributed by atoms with E-state index in [1.165, 1.54) is 12.4 Å². The monoisotopic (exact) mass is 315 g/mol. The molecule has 0 aliphatic heterocycles. The van der Waals surface area contributed by atoms with Gasteiger partial charge in [0.15, 0.2) is 0 Å². The Bertz CT molecular complexity index is 517. The van der Waals surface area contributed by atoms with E-state index in [1.54, 1.807) is 36.4 Å². The summed E-state index contributed by atoms with van der Waals surface area (Å²) in [5.74, 6) is 0. The minimum atomic E-state index is 0. The van der Waals surface area contributed by atoms with Crippen LogP contribution in [-0.4, -0.2) is 9.46 Å². The molecule has 93 valence electrons. The molecule has 0 aliphatic carbocycles. The van der Waals surface area contributed by atoms with Crippen LogP contribution in [0.15, 0.2) is 48.8 Å². The summed E-state index contributed by atoms with van der Waals surface area (Å²) in [5, 5.41) is 20.9. The third kappa shape index (κ3) is 5.65.